The van der Waals surface area contributed by atoms with Gasteiger partial charge in [0.1, 0.15) is 0 Å². The third-order valence-electron chi connectivity index (χ3n) is 1.55. The van der Waals surface area contributed by atoms with Gasteiger partial charge >= 0.3 is 72.3 Å². The molecule has 0 fully saturated rings. The van der Waals surface area contributed by atoms with E-state index >= 15 is 0 Å². The minimum absolute atomic E-state index is 1.22. The van der Waals surface area contributed by atoms with Crippen LogP contribution in [0.25, 0.3) is 10.9 Å². The Labute approximate surface area is 72.3 Å². The van der Waals surface area contributed by atoms with Crippen LogP contribution < -0.4 is 3.61 Å². The Morgan fingerprint density at radius 3 is 2.80 bits per heavy atom. The van der Waals surface area contributed by atoms with Gasteiger partial charge in [-0.05, 0) is 0 Å². The molecule has 1 nitrogen and oxygen atoms in total. The molecule has 0 amide bonds. The van der Waals surface area contributed by atoms with Crippen molar-refractivity contribution in [2.45, 2.75) is 0 Å². The van der Waals surface area contributed by atoms with Gasteiger partial charge < -0.3 is 0 Å². The van der Waals surface area contributed by atoms with Crippen LogP contribution in [-0.4, -0.2) is 27.3 Å². The van der Waals surface area contributed by atoms with Crippen LogP contribution in [0.5, 0.6) is 0 Å². The van der Waals surface area contributed by atoms with Crippen molar-refractivity contribution in [3.05, 3.63) is 30.5 Å². The van der Waals surface area contributed by atoms with Gasteiger partial charge in [-0.1, -0.05) is 0 Å². The molecule has 1 heterocycles. The number of aromatic amines is 1. The second-order valence-corrected chi connectivity index (χ2v) is 3.45. The quantitative estimate of drug-likeness (QED) is 0.664. The molecule has 0 unspecified atom stereocenters. The summed E-state index contributed by atoms with van der Waals surface area (Å²) in [5.74, 6) is 0. The zero-order valence-corrected chi connectivity index (χ0v) is 7.63. The van der Waals surface area contributed by atoms with E-state index in [4.69, 9.17) is 0 Å². The van der Waals surface area contributed by atoms with Crippen LogP contribution in [-0.2, 0) is 0 Å². The zero-order chi connectivity index (χ0) is 6.97. The summed E-state index contributed by atoms with van der Waals surface area (Å²) in [5.41, 5.74) is 1.22. The number of fused-ring (bicyclic) bond motifs is 1. The van der Waals surface area contributed by atoms with Crippen molar-refractivity contribution in [3.8, 4) is 0 Å². The molecule has 49 valence electrons. The van der Waals surface area contributed by atoms with Gasteiger partial charge in [0.25, 0.3) is 0 Å². The van der Waals surface area contributed by atoms with Gasteiger partial charge in [-0.15, -0.1) is 0 Å². The molecule has 0 aliphatic rings. The summed E-state index contributed by atoms with van der Waals surface area (Å²) in [6, 6.07) is 8.32. The van der Waals surface area contributed by atoms with Gasteiger partial charge in [-0.25, -0.2) is 0 Å². The molecule has 1 radical (unpaired) electrons. The molecule has 10 heavy (non-hydrogen) atoms. The van der Waals surface area contributed by atoms with Gasteiger partial charge in [0.2, 0.25) is 0 Å². The molecule has 1 aromatic heterocycles. The first kappa shape index (κ1) is 6.27. The number of nitrogens with one attached hydrogen (secondary N) is 1. The van der Waals surface area contributed by atoms with Crippen LogP contribution in [0.2, 0.25) is 0 Å². The second kappa shape index (κ2) is 2.30. The fourth-order valence-electron chi connectivity index (χ4n) is 1.04. The molecule has 1 aromatic carbocycles. The number of hydrogen-bond donors (Lipinski definition) is 1. The third-order valence-corrected chi connectivity index (χ3v) is 2.52. The van der Waals surface area contributed by atoms with E-state index < -0.39 is 0 Å². The summed E-state index contributed by atoms with van der Waals surface area (Å²) in [4.78, 5) is 3.19. The van der Waals surface area contributed by atoms with E-state index in [1.54, 1.807) is 0 Å². The topological polar surface area (TPSA) is 15.8 Å². The van der Waals surface area contributed by atoms with Crippen molar-refractivity contribution in [3.63, 3.8) is 0 Å². The fourth-order valence-corrected chi connectivity index (χ4v) is 1.72. The Morgan fingerprint density at radius 1 is 1.20 bits per heavy atom. The van der Waals surface area contributed by atoms with Crippen LogP contribution >= 0.6 is 0 Å². The van der Waals surface area contributed by atoms with E-state index in [2.05, 4.69) is 23.2 Å². The molecular weight excluding hydrogens is 238 g/mol. The van der Waals surface area contributed by atoms with Crippen LogP contribution in [0.4, 0.5) is 0 Å². The Morgan fingerprint density at radius 2 is 2.00 bits per heavy atom. The Hall–Kier alpha value is -0.450. The number of H-pyrrole nitrogens is 1. The van der Waals surface area contributed by atoms with Crippen molar-refractivity contribution in [1.29, 1.82) is 0 Å². The van der Waals surface area contributed by atoms with Crippen molar-refractivity contribution >= 4 is 36.8 Å². The molecule has 2 rings (SSSR count). The molecule has 0 saturated heterocycles. The number of benzene rings is 1. The van der Waals surface area contributed by atoms with Gasteiger partial charge in [-0.2, -0.15) is 0 Å². The number of aromatic nitrogens is 1. The Bertz CT molecular complexity index is 351. The number of hydrogen-bond acceptors (Lipinski definition) is 0. The summed E-state index contributed by atoms with van der Waals surface area (Å²) in [5, 5.41) is 1.33. The summed E-state index contributed by atoms with van der Waals surface area (Å²) >= 11 is 2.04. The first-order chi connectivity index (χ1) is 4.88. The maximum absolute atomic E-state index is 3.19. The Kier molecular flexibility index (Phi) is 1.44. The van der Waals surface area contributed by atoms with E-state index in [1.165, 1.54) is 14.5 Å². The van der Waals surface area contributed by atoms with Gasteiger partial charge in [0.15, 0.2) is 0 Å². The maximum atomic E-state index is 3.19. The van der Waals surface area contributed by atoms with E-state index in [0.29, 0.717) is 0 Å². The molecule has 2 heteroatoms. The van der Waals surface area contributed by atoms with E-state index in [0.717, 1.165) is 0 Å². The molecule has 0 atom stereocenters. The van der Waals surface area contributed by atoms with E-state index in [1.807, 2.05) is 34.6 Å². The SMILES string of the molecule is [Te]c1c[nH]c2ccccc12. The Balaban J connectivity index is 2.93. The predicted molar refractivity (Wildman–Crippen MR) is 43.7 cm³/mol. The average Bonchev–Trinajstić information content (AvgIpc) is 2.34. The molecular formula is C8H6NTe. The fraction of sp³-hybridized carbons (Fsp3) is 0. The molecule has 2 aromatic rings. The summed E-state index contributed by atoms with van der Waals surface area (Å²) in [6.45, 7) is 0. The minimum atomic E-state index is 1.22. The zero-order valence-electron chi connectivity index (χ0n) is 5.29. The monoisotopic (exact) mass is 246 g/mol. The predicted octanol–water partition coefficient (Wildman–Crippen LogP) is 0.962. The van der Waals surface area contributed by atoms with Crippen LogP contribution in [0.15, 0.2) is 30.5 Å². The first-order valence-electron chi connectivity index (χ1n) is 3.11. The first-order valence-corrected chi connectivity index (χ1v) is 4.27. The van der Waals surface area contributed by atoms with E-state index in [9.17, 15) is 0 Å². The number of rotatable bonds is 0. The third kappa shape index (κ3) is 0.847. The summed E-state index contributed by atoms with van der Waals surface area (Å²) in [6.07, 6.45) is 2.04. The summed E-state index contributed by atoms with van der Waals surface area (Å²) in [7, 11) is 0. The van der Waals surface area contributed by atoms with Crippen LogP contribution in [0.1, 0.15) is 0 Å². The number of para-hydroxylation sites is 1. The van der Waals surface area contributed by atoms with Crippen molar-refractivity contribution < 1.29 is 0 Å². The molecule has 1 N–H and O–H groups in total. The molecule has 0 aliphatic heterocycles. The van der Waals surface area contributed by atoms with Crippen molar-refractivity contribution in [2.75, 3.05) is 0 Å². The standard InChI is InChI=1S/C8H6NTe/c10-8-5-9-7-4-2-1-3-6(7)8/h1-5,9H. The van der Waals surface area contributed by atoms with Crippen molar-refractivity contribution in [1.82, 2.24) is 4.98 Å². The molecule has 0 saturated carbocycles. The van der Waals surface area contributed by atoms with Gasteiger partial charge in [0, 0.05) is 0 Å². The van der Waals surface area contributed by atoms with E-state index in [-0.39, 0.29) is 0 Å². The normalized spacial score (nSPS) is 10.4. The summed E-state index contributed by atoms with van der Waals surface area (Å²) < 4.78 is 1.33. The second-order valence-electron chi connectivity index (χ2n) is 2.20. The van der Waals surface area contributed by atoms with Gasteiger partial charge in [0.05, 0.1) is 0 Å². The molecule has 0 aliphatic carbocycles. The van der Waals surface area contributed by atoms with Gasteiger partial charge in [-0.3, -0.25) is 0 Å². The van der Waals surface area contributed by atoms with Crippen molar-refractivity contribution in [2.24, 2.45) is 0 Å². The molecule has 0 spiro atoms. The average molecular weight is 244 g/mol. The van der Waals surface area contributed by atoms with Crippen LogP contribution in [0.3, 0.4) is 0 Å². The molecule has 0 bridgehead atoms. The van der Waals surface area contributed by atoms with Crippen LogP contribution in [0, 0.1) is 0 Å².